The van der Waals surface area contributed by atoms with Gasteiger partial charge < -0.3 is 9.13 Å². The van der Waals surface area contributed by atoms with Crippen LogP contribution < -0.4 is 0 Å². The zero-order valence-electron chi connectivity index (χ0n) is 30.9. The zero-order valence-corrected chi connectivity index (χ0v) is 31.7. The summed E-state index contributed by atoms with van der Waals surface area (Å²) in [4.78, 5) is 1.43. The Morgan fingerprint density at radius 2 is 1.09 bits per heavy atom. The first-order valence-corrected chi connectivity index (χ1v) is 20.4. The summed E-state index contributed by atoms with van der Waals surface area (Å²) < 4.78 is 6.37. The first-order chi connectivity index (χ1) is 27.7. The van der Waals surface area contributed by atoms with Crippen LogP contribution in [0.1, 0.15) is 24.1 Å². The van der Waals surface area contributed by atoms with E-state index >= 15 is 0 Å². The number of nitrogens with zero attached hydrogens (tertiary/aromatic N) is 2. The van der Waals surface area contributed by atoms with Crippen LogP contribution in [0.25, 0.3) is 97.6 Å². The van der Waals surface area contributed by atoms with Crippen molar-refractivity contribution in [2.24, 2.45) is 0 Å². The summed E-state index contributed by atoms with van der Waals surface area (Å²) >= 11 is 1.96. The Morgan fingerprint density at radius 3 is 1.95 bits per heavy atom. The van der Waals surface area contributed by atoms with Gasteiger partial charge in [-0.25, -0.2) is 0 Å². The molecule has 3 heteroatoms. The van der Waals surface area contributed by atoms with E-state index in [-0.39, 0.29) is 0 Å². The molecule has 56 heavy (non-hydrogen) atoms. The summed E-state index contributed by atoms with van der Waals surface area (Å²) in [6.07, 6.45) is 1.04. The van der Waals surface area contributed by atoms with Gasteiger partial charge in [0.2, 0.25) is 0 Å². The molecule has 8 aromatic carbocycles. The lowest BCUT2D eigenvalue weighted by Gasteiger charge is -2.23. The van der Waals surface area contributed by atoms with E-state index in [1.165, 1.54) is 109 Å². The Hall–Kier alpha value is -6.68. The van der Waals surface area contributed by atoms with Gasteiger partial charge in [-0.1, -0.05) is 128 Å². The van der Waals surface area contributed by atoms with Gasteiger partial charge in [-0.3, -0.25) is 0 Å². The summed E-state index contributed by atoms with van der Waals surface area (Å²) in [7, 11) is 0. The fourth-order valence-corrected chi connectivity index (χ4v) is 10.9. The third-order valence-electron chi connectivity index (χ3n) is 12.1. The standard InChI is InChI=1S/C53H36N2S/c1-33-28-45-43-19-8-10-21-50(43)56-53(45)51-46-32-39(24-27-49(46)55(52(33)51)41-25-22-35-14-5-6-15-36(35)30-41)38-23-26-48-44(31-38)42-18-7-9-20-47(42)54(48)40-17-11-16-37(29-40)34-12-3-2-4-13-34/h2-27,29-33H,28H2,1H3. The Kier molecular flexibility index (Phi) is 6.87. The average molecular weight is 733 g/mol. The lowest BCUT2D eigenvalue weighted by molar-refractivity contribution is 0.712. The van der Waals surface area contributed by atoms with Crippen LogP contribution in [0.4, 0.5) is 0 Å². The first kappa shape index (κ1) is 31.6. The quantitative estimate of drug-likeness (QED) is 0.170. The van der Waals surface area contributed by atoms with Crippen LogP contribution in [0.5, 0.6) is 0 Å². The molecule has 1 unspecified atom stereocenters. The number of para-hydroxylation sites is 1. The largest absolute Gasteiger partial charge is 0.313 e. The Labute approximate surface area is 329 Å². The maximum absolute atomic E-state index is 2.57. The van der Waals surface area contributed by atoms with E-state index in [4.69, 9.17) is 0 Å². The van der Waals surface area contributed by atoms with Crippen molar-refractivity contribution in [2.75, 3.05) is 0 Å². The molecule has 0 N–H and O–H groups in total. The molecular weight excluding hydrogens is 697 g/mol. The summed E-state index contributed by atoms with van der Waals surface area (Å²) in [5, 5.41) is 7.79. The Bertz CT molecular complexity index is 3360. The smallest absolute Gasteiger partial charge is 0.0541 e. The van der Waals surface area contributed by atoms with E-state index < -0.39 is 0 Å². The number of benzene rings is 8. The van der Waals surface area contributed by atoms with Crippen LogP contribution in [0.15, 0.2) is 182 Å². The SMILES string of the molecule is CC1Cc2c(sc3ccccc23)-c2c1n(-c1ccc3ccccc3c1)c1ccc(-c3ccc4c(c3)c3ccccc3n4-c3cccc(-c4ccccc4)c3)cc21. The minimum absolute atomic E-state index is 0.362. The molecule has 1 atom stereocenters. The lowest BCUT2D eigenvalue weighted by Crippen LogP contribution is -2.11. The predicted molar refractivity (Wildman–Crippen MR) is 239 cm³/mol. The molecule has 0 bridgehead atoms. The third-order valence-corrected chi connectivity index (χ3v) is 13.3. The van der Waals surface area contributed by atoms with Crippen LogP contribution in [-0.4, -0.2) is 9.13 Å². The van der Waals surface area contributed by atoms with Crippen molar-refractivity contribution in [3.63, 3.8) is 0 Å². The van der Waals surface area contributed by atoms with E-state index in [0.29, 0.717) is 5.92 Å². The van der Waals surface area contributed by atoms with Crippen LogP contribution in [0, 0.1) is 0 Å². The Balaban J connectivity index is 1.07. The molecule has 2 nitrogen and oxygen atoms in total. The number of rotatable bonds is 4. The maximum Gasteiger partial charge on any atom is 0.0541 e. The van der Waals surface area contributed by atoms with Gasteiger partial charge in [0.15, 0.2) is 0 Å². The summed E-state index contributed by atoms with van der Waals surface area (Å²) in [6, 6.07) is 67.3. The highest BCUT2D eigenvalue weighted by molar-refractivity contribution is 7.22. The van der Waals surface area contributed by atoms with E-state index in [2.05, 4.69) is 198 Å². The lowest BCUT2D eigenvalue weighted by atomic mass is 9.85. The Morgan fingerprint density at radius 1 is 0.446 bits per heavy atom. The van der Waals surface area contributed by atoms with Crippen molar-refractivity contribution in [2.45, 2.75) is 19.3 Å². The number of hydrogen-bond donors (Lipinski definition) is 0. The topological polar surface area (TPSA) is 9.86 Å². The summed E-state index contributed by atoms with van der Waals surface area (Å²) in [5.74, 6) is 0.362. The molecule has 12 rings (SSSR count). The highest BCUT2D eigenvalue weighted by Gasteiger charge is 2.32. The predicted octanol–water partition coefficient (Wildman–Crippen LogP) is 14.8. The number of aromatic nitrogens is 2. The van der Waals surface area contributed by atoms with Gasteiger partial charge in [0.05, 0.1) is 16.6 Å². The molecule has 11 aromatic rings. The maximum atomic E-state index is 2.57. The second-order valence-corrected chi connectivity index (χ2v) is 16.4. The molecule has 0 spiro atoms. The normalized spacial score (nSPS) is 13.9. The highest BCUT2D eigenvalue weighted by Crippen LogP contribution is 2.52. The van der Waals surface area contributed by atoms with Crippen molar-refractivity contribution in [3.8, 4) is 44.1 Å². The monoisotopic (exact) mass is 732 g/mol. The van der Waals surface area contributed by atoms with Gasteiger partial charge in [0.1, 0.15) is 0 Å². The van der Waals surface area contributed by atoms with Crippen molar-refractivity contribution in [1.82, 2.24) is 9.13 Å². The molecule has 264 valence electrons. The molecule has 0 fully saturated rings. The van der Waals surface area contributed by atoms with Crippen molar-refractivity contribution < 1.29 is 0 Å². The molecule has 0 aliphatic heterocycles. The first-order valence-electron chi connectivity index (χ1n) is 19.6. The molecule has 3 heterocycles. The van der Waals surface area contributed by atoms with Crippen LogP contribution in [0.2, 0.25) is 0 Å². The van der Waals surface area contributed by atoms with Gasteiger partial charge in [-0.15, -0.1) is 11.3 Å². The van der Waals surface area contributed by atoms with Crippen molar-refractivity contribution in [1.29, 1.82) is 0 Å². The minimum Gasteiger partial charge on any atom is -0.313 e. The van der Waals surface area contributed by atoms with Crippen molar-refractivity contribution in [3.05, 3.63) is 193 Å². The molecular formula is C53H36N2S. The van der Waals surface area contributed by atoms with E-state index in [1.807, 2.05) is 11.3 Å². The summed E-state index contributed by atoms with van der Waals surface area (Å²) in [6.45, 7) is 2.42. The van der Waals surface area contributed by atoms with Crippen molar-refractivity contribution >= 4 is 64.9 Å². The molecule has 0 amide bonds. The highest BCUT2D eigenvalue weighted by atomic mass is 32.1. The van der Waals surface area contributed by atoms with E-state index in [0.717, 1.165) is 6.42 Å². The van der Waals surface area contributed by atoms with Gasteiger partial charge in [-0.05, 0) is 111 Å². The fourth-order valence-electron chi connectivity index (χ4n) is 9.58. The van der Waals surface area contributed by atoms with Gasteiger partial charge in [-0.2, -0.15) is 0 Å². The van der Waals surface area contributed by atoms with Crippen LogP contribution >= 0.6 is 11.3 Å². The summed E-state index contributed by atoms with van der Waals surface area (Å²) in [5.41, 5.74) is 15.3. The number of thiophene rings is 1. The molecule has 0 saturated carbocycles. The molecule has 0 saturated heterocycles. The van der Waals surface area contributed by atoms with Gasteiger partial charge in [0, 0.05) is 54.3 Å². The van der Waals surface area contributed by atoms with Crippen LogP contribution in [0.3, 0.4) is 0 Å². The molecule has 0 radical (unpaired) electrons. The van der Waals surface area contributed by atoms with E-state index in [9.17, 15) is 0 Å². The van der Waals surface area contributed by atoms with Crippen LogP contribution in [-0.2, 0) is 6.42 Å². The number of fused-ring (bicyclic) bond motifs is 11. The second-order valence-electron chi connectivity index (χ2n) is 15.4. The number of hydrogen-bond acceptors (Lipinski definition) is 1. The second kappa shape index (κ2) is 12.2. The molecule has 1 aliphatic carbocycles. The minimum atomic E-state index is 0.362. The zero-order chi connectivity index (χ0) is 36.9. The van der Waals surface area contributed by atoms with Gasteiger partial charge in [0.25, 0.3) is 0 Å². The third kappa shape index (κ3) is 4.68. The molecule has 3 aromatic heterocycles. The average Bonchev–Trinajstić information content (AvgIpc) is 3.91. The molecule has 1 aliphatic rings. The van der Waals surface area contributed by atoms with Gasteiger partial charge >= 0.3 is 0 Å². The van der Waals surface area contributed by atoms with E-state index in [1.54, 1.807) is 0 Å². The fraction of sp³-hybridized carbons (Fsp3) is 0.0566.